The van der Waals surface area contributed by atoms with Crippen LogP contribution in [-0.4, -0.2) is 16.2 Å². The topological polar surface area (TPSA) is 87.8 Å². The lowest BCUT2D eigenvalue weighted by atomic mass is 10.2. The summed E-state index contributed by atoms with van der Waals surface area (Å²) in [5, 5.41) is 25.1. The van der Waals surface area contributed by atoms with Gasteiger partial charge in [-0.15, -0.1) is 0 Å². The second-order valence-corrected chi connectivity index (χ2v) is 5.37. The quantitative estimate of drug-likeness (QED) is 0.469. The predicted molar refractivity (Wildman–Crippen MR) is 87.4 cm³/mol. The van der Waals surface area contributed by atoms with Crippen molar-refractivity contribution in [2.24, 2.45) is 5.10 Å². The summed E-state index contributed by atoms with van der Waals surface area (Å²) < 4.78 is 0. The molecule has 0 aliphatic heterocycles. The van der Waals surface area contributed by atoms with Gasteiger partial charge in [0.2, 0.25) is 0 Å². The summed E-state index contributed by atoms with van der Waals surface area (Å²) in [4.78, 5) is 10.1. The maximum absolute atomic E-state index is 10.7. The lowest BCUT2D eigenvalue weighted by molar-refractivity contribution is -0.384. The Morgan fingerprint density at radius 3 is 2.41 bits per heavy atom. The van der Waals surface area contributed by atoms with Gasteiger partial charge in [0.15, 0.2) is 0 Å². The van der Waals surface area contributed by atoms with E-state index in [-0.39, 0.29) is 27.0 Å². The van der Waals surface area contributed by atoms with Crippen molar-refractivity contribution in [1.29, 1.82) is 0 Å². The van der Waals surface area contributed by atoms with Gasteiger partial charge in [0.25, 0.3) is 5.69 Å². The molecule has 9 heteroatoms. The summed E-state index contributed by atoms with van der Waals surface area (Å²) in [6.45, 7) is 0. The van der Waals surface area contributed by atoms with E-state index in [4.69, 9.17) is 34.8 Å². The molecule has 0 amide bonds. The zero-order valence-corrected chi connectivity index (χ0v) is 13.0. The van der Waals surface area contributed by atoms with Crippen LogP contribution in [0.3, 0.4) is 0 Å². The molecule has 0 fully saturated rings. The Hall–Kier alpha value is -2.02. The maximum Gasteiger partial charge on any atom is 0.270 e. The lowest BCUT2D eigenvalue weighted by Crippen LogP contribution is -1.94. The van der Waals surface area contributed by atoms with Crippen molar-refractivity contribution in [2.75, 3.05) is 5.43 Å². The highest BCUT2D eigenvalue weighted by atomic mass is 35.5. The minimum atomic E-state index is -0.572. The summed E-state index contributed by atoms with van der Waals surface area (Å²) in [6.07, 6.45) is 1.21. The third-order valence-electron chi connectivity index (χ3n) is 2.61. The number of phenolic OH excluding ortho intramolecular Hbond substituents is 1. The van der Waals surface area contributed by atoms with E-state index in [1.807, 2.05) is 0 Å². The highest BCUT2D eigenvalue weighted by molar-refractivity contribution is 6.41. The van der Waals surface area contributed by atoms with E-state index >= 15 is 0 Å². The molecule has 0 aliphatic carbocycles. The number of anilines is 1. The van der Waals surface area contributed by atoms with E-state index in [2.05, 4.69) is 10.5 Å². The largest absolute Gasteiger partial charge is 0.507 e. The van der Waals surface area contributed by atoms with Crippen LogP contribution in [-0.2, 0) is 0 Å². The van der Waals surface area contributed by atoms with Crippen LogP contribution in [0.1, 0.15) is 5.56 Å². The zero-order valence-electron chi connectivity index (χ0n) is 10.8. The van der Waals surface area contributed by atoms with Crippen LogP contribution < -0.4 is 5.43 Å². The Balaban J connectivity index is 2.23. The minimum Gasteiger partial charge on any atom is -0.507 e. The van der Waals surface area contributed by atoms with Gasteiger partial charge in [0, 0.05) is 22.7 Å². The smallest absolute Gasteiger partial charge is 0.270 e. The Labute approximate surface area is 140 Å². The van der Waals surface area contributed by atoms with Crippen molar-refractivity contribution in [3.05, 3.63) is 61.1 Å². The number of benzene rings is 2. The Bertz CT molecular complexity index is 742. The van der Waals surface area contributed by atoms with E-state index < -0.39 is 4.92 Å². The van der Waals surface area contributed by atoms with Crippen LogP contribution in [0.5, 0.6) is 5.75 Å². The van der Waals surface area contributed by atoms with Gasteiger partial charge in [-0.1, -0.05) is 34.8 Å². The number of rotatable bonds is 4. The third kappa shape index (κ3) is 3.79. The molecular formula is C13H8Cl3N3O3. The van der Waals surface area contributed by atoms with Crippen molar-refractivity contribution in [2.45, 2.75) is 0 Å². The molecule has 0 aromatic heterocycles. The second kappa shape index (κ2) is 6.83. The van der Waals surface area contributed by atoms with Gasteiger partial charge in [-0.25, -0.2) is 0 Å². The number of hydrogen-bond donors (Lipinski definition) is 2. The molecule has 0 saturated heterocycles. The molecule has 22 heavy (non-hydrogen) atoms. The number of nitro benzene ring substituents is 1. The SMILES string of the molecule is O=[N+]([O-])c1ccc(O)c(C=NNc2c(Cl)cc(Cl)cc2Cl)c1. The average molecular weight is 361 g/mol. The van der Waals surface area contributed by atoms with Gasteiger partial charge in [0.05, 0.1) is 26.9 Å². The number of hydrazone groups is 1. The first-order chi connectivity index (χ1) is 10.4. The summed E-state index contributed by atoms with van der Waals surface area (Å²) in [5.41, 5.74) is 2.93. The molecule has 0 saturated carbocycles. The third-order valence-corrected chi connectivity index (χ3v) is 3.42. The Kier molecular flexibility index (Phi) is 5.07. The van der Waals surface area contributed by atoms with Gasteiger partial charge in [-0.3, -0.25) is 15.5 Å². The molecule has 0 radical (unpaired) electrons. The van der Waals surface area contributed by atoms with Crippen LogP contribution in [0.4, 0.5) is 11.4 Å². The lowest BCUT2D eigenvalue weighted by Gasteiger charge is -2.06. The van der Waals surface area contributed by atoms with Crippen molar-refractivity contribution in [3.63, 3.8) is 0 Å². The molecule has 0 atom stereocenters. The van der Waals surface area contributed by atoms with Crippen LogP contribution in [0.2, 0.25) is 15.1 Å². The van der Waals surface area contributed by atoms with Crippen molar-refractivity contribution in [1.82, 2.24) is 0 Å². The van der Waals surface area contributed by atoms with Gasteiger partial charge < -0.3 is 5.11 Å². The zero-order chi connectivity index (χ0) is 16.3. The van der Waals surface area contributed by atoms with E-state index in [1.165, 1.54) is 36.5 Å². The first-order valence-corrected chi connectivity index (χ1v) is 6.93. The van der Waals surface area contributed by atoms with Gasteiger partial charge >= 0.3 is 0 Å². The number of aromatic hydroxyl groups is 1. The molecule has 0 bridgehead atoms. The highest BCUT2D eigenvalue weighted by Gasteiger charge is 2.09. The number of non-ortho nitro benzene ring substituents is 1. The molecule has 2 N–H and O–H groups in total. The number of hydrogen-bond acceptors (Lipinski definition) is 5. The van der Waals surface area contributed by atoms with Crippen LogP contribution in [0.25, 0.3) is 0 Å². The molecule has 114 valence electrons. The van der Waals surface area contributed by atoms with Crippen LogP contribution in [0, 0.1) is 10.1 Å². The summed E-state index contributed by atoms with van der Waals surface area (Å²) >= 11 is 17.7. The maximum atomic E-state index is 10.7. The summed E-state index contributed by atoms with van der Waals surface area (Å²) in [5.74, 6) is -0.149. The van der Waals surface area contributed by atoms with Crippen LogP contribution >= 0.6 is 34.8 Å². The first-order valence-electron chi connectivity index (χ1n) is 5.79. The Morgan fingerprint density at radius 1 is 1.18 bits per heavy atom. The van der Waals surface area contributed by atoms with E-state index in [9.17, 15) is 15.2 Å². The first kappa shape index (κ1) is 16.4. The van der Waals surface area contributed by atoms with E-state index in [0.717, 1.165) is 0 Å². The standard InChI is InChI=1S/C13H8Cl3N3O3/c14-8-4-10(15)13(11(16)5-8)18-17-6-7-3-9(19(21)22)1-2-12(7)20/h1-6,18,20H. The van der Waals surface area contributed by atoms with Crippen molar-refractivity contribution in [3.8, 4) is 5.75 Å². The van der Waals surface area contributed by atoms with Gasteiger partial charge in [-0.2, -0.15) is 5.10 Å². The molecule has 6 nitrogen and oxygen atoms in total. The number of nitro groups is 1. The number of phenols is 1. The minimum absolute atomic E-state index is 0.149. The van der Waals surface area contributed by atoms with Gasteiger partial charge in [0.1, 0.15) is 5.75 Å². The number of nitrogens with one attached hydrogen (secondary N) is 1. The molecule has 2 rings (SSSR count). The fourth-order valence-electron chi connectivity index (χ4n) is 1.57. The molecule has 2 aromatic carbocycles. The summed E-state index contributed by atoms with van der Waals surface area (Å²) in [6, 6.07) is 6.55. The number of nitrogens with zero attached hydrogens (tertiary/aromatic N) is 2. The monoisotopic (exact) mass is 359 g/mol. The van der Waals surface area contributed by atoms with Gasteiger partial charge in [-0.05, 0) is 18.2 Å². The fourth-order valence-corrected chi connectivity index (χ4v) is 2.48. The summed E-state index contributed by atoms with van der Waals surface area (Å²) in [7, 11) is 0. The molecule has 0 heterocycles. The van der Waals surface area contributed by atoms with E-state index in [0.29, 0.717) is 10.7 Å². The average Bonchev–Trinajstić information content (AvgIpc) is 2.43. The van der Waals surface area contributed by atoms with E-state index in [1.54, 1.807) is 0 Å². The second-order valence-electron chi connectivity index (χ2n) is 4.11. The molecule has 2 aromatic rings. The fraction of sp³-hybridized carbons (Fsp3) is 0. The van der Waals surface area contributed by atoms with Crippen molar-refractivity contribution >= 4 is 52.4 Å². The highest BCUT2D eigenvalue weighted by Crippen LogP contribution is 2.33. The molecule has 0 unspecified atom stereocenters. The normalized spacial score (nSPS) is 10.9. The molecular weight excluding hydrogens is 353 g/mol. The number of halogens is 3. The predicted octanol–water partition coefficient (Wildman–Crippen LogP) is 4.71. The Morgan fingerprint density at radius 2 is 1.82 bits per heavy atom. The van der Waals surface area contributed by atoms with Crippen molar-refractivity contribution < 1.29 is 10.0 Å². The molecule has 0 spiro atoms. The van der Waals surface area contributed by atoms with Crippen LogP contribution in [0.15, 0.2) is 35.4 Å². The molecule has 0 aliphatic rings.